The van der Waals surface area contributed by atoms with Crippen molar-refractivity contribution in [3.8, 4) is 5.75 Å². The summed E-state index contributed by atoms with van der Waals surface area (Å²) in [7, 11) is 0. The van der Waals surface area contributed by atoms with Crippen LogP contribution in [0.25, 0.3) is 0 Å². The summed E-state index contributed by atoms with van der Waals surface area (Å²) in [6, 6.07) is 9.87. The molecule has 1 aromatic carbocycles. The minimum Gasteiger partial charge on any atom is -0.494 e. The largest absolute Gasteiger partial charge is 0.494 e. The lowest BCUT2D eigenvalue weighted by atomic mass is 9.78. The molecule has 3 rings (SSSR count). The Labute approximate surface area is 159 Å². The predicted octanol–water partition coefficient (Wildman–Crippen LogP) is 3.24. The van der Waals surface area contributed by atoms with Crippen molar-refractivity contribution in [1.82, 2.24) is 14.9 Å². The van der Waals surface area contributed by atoms with Crippen LogP contribution >= 0.6 is 11.8 Å². The first-order chi connectivity index (χ1) is 12.7. The molecular formula is C20H27N3O2S. The zero-order chi connectivity index (χ0) is 18.2. The fraction of sp³-hybridized carbons (Fsp3) is 0.500. The number of ether oxygens (including phenoxy) is 1. The van der Waals surface area contributed by atoms with Gasteiger partial charge in [0.1, 0.15) is 5.75 Å². The van der Waals surface area contributed by atoms with Crippen molar-refractivity contribution >= 4 is 11.8 Å². The Bertz CT molecular complexity index is 669. The maximum atomic E-state index is 10.1. The van der Waals surface area contributed by atoms with Crippen LogP contribution in [0.2, 0.25) is 0 Å². The van der Waals surface area contributed by atoms with Crippen molar-refractivity contribution < 1.29 is 9.84 Å². The lowest BCUT2D eigenvalue weighted by molar-refractivity contribution is 0.0127. The smallest absolute Gasteiger partial charge is 0.187 e. The van der Waals surface area contributed by atoms with E-state index < -0.39 is 0 Å². The highest BCUT2D eigenvalue weighted by atomic mass is 32.2. The Morgan fingerprint density at radius 3 is 2.69 bits per heavy atom. The summed E-state index contributed by atoms with van der Waals surface area (Å²) in [5, 5.41) is 10.9. The Kier molecular flexibility index (Phi) is 6.88. The number of nitrogens with zero attached hydrogens (tertiary/aromatic N) is 3. The molecule has 0 amide bonds. The minimum atomic E-state index is -0.0902. The highest BCUT2D eigenvalue weighted by Gasteiger charge is 2.34. The molecule has 0 spiro atoms. The number of benzene rings is 1. The van der Waals surface area contributed by atoms with E-state index in [4.69, 9.17) is 4.74 Å². The topological polar surface area (TPSA) is 58.5 Å². The van der Waals surface area contributed by atoms with Gasteiger partial charge in [0, 0.05) is 36.5 Å². The summed E-state index contributed by atoms with van der Waals surface area (Å²) < 4.78 is 5.86. The van der Waals surface area contributed by atoms with Gasteiger partial charge in [-0.3, -0.25) is 4.90 Å². The van der Waals surface area contributed by atoms with E-state index in [2.05, 4.69) is 14.9 Å². The molecule has 5 nitrogen and oxygen atoms in total. The molecule has 0 saturated carbocycles. The Morgan fingerprint density at radius 1 is 1.23 bits per heavy atom. The van der Waals surface area contributed by atoms with Gasteiger partial charge in [-0.1, -0.05) is 30.0 Å². The van der Waals surface area contributed by atoms with Crippen LogP contribution in [0.3, 0.4) is 0 Å². The molecule has 0 aliphatic carbocycles. The molecule has 1 atom stereocenters. The van der Waals surface area contributed by atoms with Crippen molar-refractivity contribution in [1.29, 1.82) is 0 Å². The minimum absolute atomic E-state index is 0.0902. The van der Waals surface area contributed by atoms with Crippen LogP contribution in [0.15, 0.2) is 47.9 Å². The third-order valence-corrected chi connectivity index (χ3v) is 5.57. The van der Waals surface area contributed by atoms with Gasteiger partial charge < -0.3 is 9.84 Å². The van der Waals surface area contributed by atoms with Gasteiger partial charge in [0.25, 0.3) is 0 Å². The second kappa shape index (κ2) is 9.35. The van der Waals surface area contributed by atoms with Crippen molar-refractivity contribution in [3.05, 3.63) is 48.3 Å². The number of hydrogen-bond donors (Lipinski definition) is 1. The van der Waals surface area contributed by atoms with Gasteiger partial charge in [0.15, 0.2) is 5.16 Å². The second-order valence-corrected chi connectivity index (χ2v) is 7.74. The average Bonchev–Trinajstić information content (AvgIpc) is 2.70. The Hall–Kier alpha value is -1.63. The van der Waals surface area contributed by atoms with Crippen LogP contribution in [-0.4, -0.2) is 52.5 Å². The van der Waals surface area contributed by atoms with E-state index in [1.165, 1.54) is 0 Å². The fourth-order valence-corrected chi connectivity index (χ4v) is 3.86. The molecule has 0 radical (unpaired) electrons. The number of hydrogen-bond acceptors (Lipinski definition) is 6. The van der Waals surface area contributed by atoms with Crippen LogP contribution in [-0.2, 0) is 6.54 Å². The normalized spacial score (nSPS) is 20.8. The highest BCUT2D eigenvalue weighted by molar-refractivity contribution is 7.98. The lowest BCUT2D eigenvalue weighted by Crippen LogP contribution is -2.45. The van der Waals surface area contributed by atoms with Crippen molar-refractivity contribution in [2.45, 2.75) is 31.0 Å². The van der Waals surface area contributed by atoms with Crippen molar-refractivity contribution in [3.63, 3.8) is 0 Å². The molecule has 6 heteroatoms. The van der Waals surface area contributed by atoms with Crippen LogP contribution in [0.4, 0.5) is 0 Å². The molecular weight excluding hydrogens is 346 g/mol. The second-order valence-electron chi connectivity index (χ2n) is 6.96. The molecule has 0 unspecified atom stereocenters. The van der Waals surface area contributed by atoms with Crippen molar-refractivity contribution in [2.75, 3.05) is 32.6 Å². The number of aliphatic hydroxyl groups excluding tert-OH is 1. The predicted molar refractivity (Wildman–Crippen MR) is 104 cm³/mol. The van der Waals surface area contributed by atoms with Gasteiger partial charge in [-0.2, -0.15) is 0 Å². The SMILES string of the molecule is CSc1ncc(CN2CCC[C@](CO)(CCOc3ccccc3)C2)cn1. The number of piperidine rings is 1. The molecule has 2 heterocycles. The molecule has 26 heavy (non-hydrogen) atoms. The van der Waals surface area contributed by atoms with Gasteiger partial charge in [-0.15, -0.1) is 0 Å². The number of para-hydroxylation sites is 1. The van der Waals surface area contributed by atoms with E-state index in [1.54, 1.807) is 11.8 Å². The number of rotatable bonds is 8. The molecule has 1 N–H and O–H groups in total. The third-order valence-electron chi connectivity index (χ3n) is 4.99. The van der Waals surface area contributed by atoms with E-state index in [1.807, 2.05) is 49.0 Å². The summed E-state index contributed by atoms with van der Waals surface area (Å²) in [4.78, 5) is 11.1. The van der Waals surface area contributed by atoms with E-state index in [9.17, 15) is 5.11 Å². The average molecular weight is 374 g/mol. The number of thioether (sulfide) groups is 1. The van der Waals surface area contributed by atoms with Crippen LogP contribution in [0.1, 0.15) is 24.8 Å². The van der Waals surface area contributed by atoms with E-state index >= 15 is 0 Å². The standard InChI is InChI=1S/C20H27N3O2S/c1-26-19-21-12-17(13-22-19)14-23-10-5-8-20(15-23,16-24)9-11-25-18-6-3-2-4-7-18/h2-4,6-7,12-13,24H,5,8-11,14-16H2,1H3/t20-/m0/s1. The van der Waals surface area contributed by atoms with Gasteiger partial charge >= 0.3 is 0 Å². The quantitative estimate of drug-likeness (QED) is 0.566. The summed E-state index contributed by atoms with van der Waals surface area (Å²) in [5.41, 5.74) is 1.03. The molecule has 0 bridgehead atoms. The molecule has 1 fully saturated rings. The molecule has 1 saturated heterocycles. The molecule has 140 valence electrons. The van der Waals surface area contributed by atoms with Gasteiger partial charge in [0.05, 0.1) is 13.2 Å². The molecule has 2 aromatic rings. The van der Waals surface area contributed by atoms with Crippen LogP contribution in [0, 0.1) is 5.41 Å². The maximum Gasteiger partial charge on any atom is 0.187 e. The first-order valence-corrected chi connectivity index (χ1v) is 10.3. The maximum absolute atomic E-state index is 10.1. The molecule has 1 aliphatic rings. The highest BCUT2D eigenvalue weighted by Crippen LogP contribution is 2.34. The number of aliphatic hydroxyl groups is 1. The summed E-state index contributed by atoms with van der Waals surface area (Å²) in [6.07, 6.45) is 8.79. The first-order valence-electron chi connectivity index (χ1n) is 9.09. The monoisotopic (exact) mass is 373 g/mol. The van der Waals surface area contributed by atoms with E-state index in [0.717, 1.165) is 55.4 Å². The first kappa shape index (κ1) is 19.1. The third kappa shape index (κ3) is 5.19. The van der Waals surface area contributed by atoms with Gasteiger partial charge in [0.2, 0.25) is 0 Å². The van der Waals surface area contributed by atoms with Crippen LogP contribution in [0.5, 0.6) is 5.75 Å². The summed E-state index contributed by atoms with van der Waals surface area (Å²) in [5.74, 6) is 0.888. The zero-order valence-electron chi connectivity index (χ0n) is 15.3. The van der Waals surface area contributed by atoms with Gasteiger partial charge in [-0.05, 0) is 44.2 Å². The summed E-state index contributed by atoms with van der Waals surface area (Å²) >= 11 is 1.55. The zero-order valence-corrected chi connectivity index (χ0v) is 16.1. The molecule has 1 aliphatic heterocycles. The van der Waals surface area contributed by atoms with E-state index in [0.29, 0.717) is 6.61 Å². The summed E-state index contributed by atoms with van der Waals surface area (Å²) in [6.45, 7) is 3.58. The van der Waals surface area contributed by atoms with Crippen LogP contribution < -0.4 is 4.74 Å². The van der Waals surface area contributed by atoms with Gasteiger partial charge in [-0.25, -0.2) is 9.97 Å². The fourth-order valence-electron chi connectivity index (χ4n) is 3.55. The van der Waals surface area contributed by atoms with E-state index in [-0.39, 0.29) is 12.0 Å². The number of likely N-dealkylation sites (tertiary alicyclic amines) is 1. The van der Waals surface area contributed by atoms with Crippen molar-refractivity contribution in [2.24, 2.45) is 5.41 Å². The Balaban J connectivity index is 1.55. The lowest BCUT2D eigenvalue weighted by Gasteiger charge is -2.41. The number of aromatic nitrogens is 2. The molecule has 1 aromatic heterocycles. The Morgan fingerprint density at radius 2 is 2.00 bits per heavy atom.